The third-order valence-corrected chi connectivity index (χ3v) is 5.10. The van der Waals surface area contributed by atoms with Crippen molar-refractivity contribution in [1.29, 1.82) is 0 Å². The van der Waals surface area contributed by atoms with Gasteiger partial charge in [-0.25, -0.2) is 0 Å². The molecular weight excluding hydrogens is 348 g/mol. The van der Waals surface area contributed by atoms with Crippen molar-refractivity contribution in [2.24, 2.45) is 0 Å². The maximum atomic E-state index is 12.9. The second-order valence-corrected chi connectivity index (χ2v) is 6.86. The number of carbonyl (C=O) groups excluding carboxylic acids is 2. The molecular formula is C20H22N2O5. The van der Waals surface area contributed by atoms with Crippen molar-refractivity contribution in [1.82, 2.24) is 4.90 Å². The Bertz CT molecular complexity index is 830. The molecule has 0 aliphatic carbocycles. The Kier molecular flexibility index (Phi) is 4.72. The lowest BCUT2D eigenvalue weighted by Crippen LogP contribution is -2.47. The summed E-state index contributed by atoms with van der Waals surface area (Å²) < 4.78 is 16.5. The number of carbonyl (C=O) groups is 2. The van der Waals surface area contributed by atoms with E-state index >= 15 is 0 Å². The molecule has 27 heavy (non-hydrogen) atoms. The van der Waals surface area contributed by atoms with Gasteiger partial charge in [0.25, 0.3) is 11.8 Å². The number of aryl methyl sites for hydroxylation is 1. The van der Waals surface area contributed by atoms with Gasteiger partial charge in [-0.05, 0) is 36.8 Å². The molecule has 0 atom stereocenters. The molecule has 0 radical (unpaired) electrons. The molecule has 2 aromatic rings. The van der Waals surface area contributed by atoms with Crippen molar-refractivity contribution < 1.29 is 23.5 Å². The van der Waals surface area contributed by atoms with Crippen LogP contribution in [0.15, 0.2) is 41.0 Å². The number of nitrogens with zero attached hydrogens (tertiary/aromatic N) is 1. The minimum absolute atomic E-state index is 0.0589. The highest BCUT2D eigenvalue weighted by molar-refractivity contribution is 6.03. The Balaban J connectivity index is 1.45. The zero-order valence-electron chi connectivity index (χ0n) is 15.2. The SMILES string of the molecule is Cc1ccc(C(=O)N2CCC3(CC2)OCCO3)cc1NC(=O)c1ccco1. The van der Waals surface area contributed by atoms with Gasteiger partial charge in [0.2, 0.25) is 0 Å². The van der Waals surface area contributed by atoms with E-state index in [1.54, 1.807) is 29.2 Å². The van der Waals surface area contributed by atoms with Gasteiger partial charge < -0.3 is 24.1 Å². The summed E-state index contributed by atoms with van der Waals surface area (Å²) in [6, 6.07) is 8.58. The fraction of sp³-hybridized carbons (Fsp3) is 0.400. The van der Waals surface area contributed by atoms with Gasteiger partial charge in [-0.2, -0.15) is 0 Å². The summed E-state index contributed by atoms with van der Waals surface area (Å²) in [6.07, 6.45) is 2.79. The number of rotatable bonds is 3. The van der Waals surface area contributed by atoms with Crippen LogP contribution in [0.4, 0.5) is 5.69 Å². The van der Waals surface area contributed by atoms with Crippen molar-refractivity contribution in [3.05, 3.63) is 53.5 Å². The number of benzene rings is 1. The third-order valence-electron chi connectivity index (χ3n) is 5.10. The first-order chi connectivity index (χ1) is 13.1. The molecule has 4 rings (SSSR count). The van der Waals surface area contributed by atoms with Crippen LogP contribution < -0.4 is 5.32 Å². The normalized spacial score (nSPS) is 18.6. The first-order valence-electron chi connectivity index (χ1n) is 9.09. The van der Waals surface area contributed by atoms with E-state index in [1.807, 2.05) is 13.0 Å². The lowest BCUT2D eigenvalue weighted by molar-refractivity contribution is -0.181. The van der Waals surface area contributed by atoms with Crippen molar-refractivity contribution in [3.8, 4) is 0 Å². The standard InChI is InChI=1S/C20H22N2O5/c1-14-4-5-15(13-16(14)21-18(23)17-3-2-10-25-17)19(24)22-8-6-20(7-9-22)26-11-12-27-20/h2-5,10,13H,6-9,11-12H2,1H3,(H,21,23). The molecule has 1 aromatic carbocycles. The van der Waals surface area contributed by atoms with Crippen LogP contribution in [0.5, 0.6) is 0 Å². The summed E-state index contributed by atoms with van der Waals surface area (Å²) in [5.41, 5.74) is 2.01. The Morgan fingerprint density at radius 3 is 2.52 bits per heavy atom. The van der Waals surface area contributed by atoms with Crippen LogP contribution in [0, 0.1) is 6.92 Å². The van der Waals surface area contributed by atoms with E-state index < -0.39 is 5.79 Å². The monoisotopic (exact) mass is 370 g/mol. The van der Waals surface area contributed by atoms with Crippen LogP contribution >= 0.6 is 0 Å². The zero-order chi connectivity index (χ0) is 18.9. The highest BCUT2D eigenvalue weighted by atomic mass is 16.7. The number of hydrogen-bond donors (Lipinski definition) is 1. The highest BCUT2D eigenvalue weighted by Gasteiger charge is 2.40. The minimum atomic E-state index is -0.508. The van der Waals surface area contributed by atoms with Gasteiger partial charge in [0, 0.05) is 37.2 Å². The summed E-state index contributed by atoms with van der Waals surface area (Å²) in [6.45, 7) is 4.28. The van der Waals surface area contributed by atoms with Crippen molar-refractivity contribution in [2.45, 2.75) is 25.6 Å². The second-order valence-electron chi connectivity index (χ2n) is 6.86. The van der Waals surface area contributed by atoms with E-state index in [4.69, 9.17) is 13.9 Å². The number of hydrogen-bond acceptors (Lipinski definition) is 5. The molecule has 0 unspecified atom stereocenters. The molecule has 7 nitrogen and oxygen atoms in total. The topological polar surface area (TPSA) is 81.0 Å². The maximum Gasteiger partial charge on any atom is 0.291 e. The predicted octanol–water partition coefficient (Wildman–Crippen LogP) is 2.82. The number of furan rings is 1. The van der Waals surface area contributed by atoms with Gasteiger partial charge in [-0.3, -0.25) is 9.59 Å². The van der Waals surface area contributed by atoms with Crippen LogP contribution in [0.1, 0.15) is 39.3 Å². The van der Waals surface area contributed by atoms with Crippen LogP contribution in [-0.4, -0.2) is 48.8 Å². The van der Waals surface area contributed by atoms with Gasteiger partial charge >= 0.3 is 0 Å². The van der Waals surface area contributed by atoms with Gasteiger partial charge in [0.1, 0.15) is 0 Å². The van der Waals surface area contributed by atoms with E-state index in [0.29, 0.717) is 50.4 Å². The molecule has 2 amide bonds. The first kappa shape index (κ1) is 17.8. The summed E-state index contributed by atoms with van der Waals surface area (Å²) in [7, 11) is 0. The predicted molar refractivity (Wildman–Crippen MR) is 97.6 cm³/mol. The zero-order valence-corrected chi connectivity index (χ0v) is 15.2. The quantitative estimate of drug-likeness (QED) is 0.899. The molecule has 142 valence electrons. The van der Waals surface area contributed by atoms with E-state index in [0.717, 1.165) is 5.56 Å². The first-order valence-corrected chi connectivity index (χ1v) is 9.09. The van der Waals surface area contributed by atoms with E-state index in [2.05, 4.69) is 5.32 Å². The third kappa shape index (κ3) is 3.61. The largest absolute Gasteiger partial charge is 0.459 e. The van der Waals surface area contributed by atoms with E-state index in [9.17, 15) is 9.59 Å². The molecule has 1 spiro atoms. The van der Waals surface area contributed by atoms with Crippen LogP contribution in [-0.2, 0) is 9.47 Å². The number of ether oxygens (including phenoxy) is 2. The van der Waals surface area contributed by atoms with Crippen LogP contribution in [0.2, 0.25) is 0 Å². The molecule has 1 aromatic heterocycles. The summed E-state index contributed by atoms with van der Waals surface area (Å²) in [5, 5.41) is 2.81. The van der Waals surface area contributed by atoms with E-state index in [1.165, 1.54) is 6.26 Å². The molecule has 3 heterocycles. The Labute approximate surface area is 157 Å². The lowest BCUT2D eigenvalue weighted by Gasteiger charge is -2.37. The molecule has 1 N–H and O–H groups in total. The van der Waals surface area contributed by atoms with Gasteiger partial charge in [0.15, 0.2) is 11.5 Å². The molecule has 2 aliphatic rings. The minimum Gasteiger partial charge on any atom is -0.459 e. The Hall–Kier alpha value is -2.64. The number of anilines is 1. The van der Waals surface area contributed by atoms with Crippen molar-refractivity contribution in [2.75, 3.05) is 31.6 Å². The summed E-state index contributed by atoms with van der Waals surface area (Å²) >= 11 is 0. The van der Waals surface area contributed by atoms with Crippen molar-refractivity contribution >= 4 is 17.5 Å². The van der Waals surface area contributed by atoms with Crippen molar-refractivity contribution in [3.63, 3.8) is 0 Å². The molecule has 2 aliphatic heterocycles. The average Bonchev–Trinajstić information content (AvgIpc) is 3.36. The van der Waals surface area contributed by atoms with E-state index in [-0.39, 0.29) is 17.6 Å². The molecule has 2 saturated heterocycles. The number of likely N-dealkylation sites (tertiary alicyclic amines) is 1. The van der Waals surface area contributed by atoms with Gasteiger partial charge in [-0.1, -0.05) is 6.07 Å². The van der Waals surface area contributed by atoms with Gasteiger partial charge in [0.05, 0.1) is 19.5 Å². The molecule has 0 saturated carbocycles. The highest BCUT2D eigenvalue weighted by Crippen LogP contribution is 2.32. The maximum absolute atomic E-state index is 12.9. The number of piperidine rings is 1. The summed E-state index contributed by atoms with van der Waals surface area (Å²) in [4.78, 5) is 26.9. The molecule has 7 heteroatoms. The van der Waals surface area contributed by atoms with Gasteiger partial charge in [-0.15, -0.1) is 0 Å². The fourth-order valence-corrected chi connectivity index (χ4v) is 3.50. The smallest absolute Gasteiger partial charge is 0.291 e. The molecule has 2 fully saturated rings. The Morgan fingerprint density at radius 2 is 1.85 bits per heavy atom. The number of amides is 2. The lowest BCUT2D eigenvalue weighted by atomic mass is 10.0. The van der Waals surface area contributed by atoms with Crippen LogP contribution in [0.25, 0.3) is 0 Å². The van der Waals surface area contributed by atoms with Crippen LogP contribution in [0.3, 0.4) is 0 Å². The second kappa shape index (κ2) is 7.17. The fourth-order valence-electron chi connectivity index (χ4n) is 3.50. The average molecular weight is 370 g/mol. The number of nitrogens with one attached hydrogen (secondary N) is 1. The summed E-state index contributed by atoms with van der Waals surface area (Å²) in [5.74, 6) is -0.685. The molecule has 0 bridgehead atoms. The Morgan fingerprint density at radius 1 is 1.11 bits per heavy atom.